The highest BCUT2D eigenvalue weighted by Gasteiger charge is 2.29. The van der Waals surface area contributed by atoms with Gasteiger partial charge >= 0.3 is 0 Å². The predicted octanol–water partition coefficient (Wildman–Crippen LogP) is 4.41. The minimum atomic E-state index is -0.304. The van der Waals surface area contributed by atoms with E-state index in [1.165, 1.54) is 5.69 Å². The molecule has 1 aromatic heterocycles. The highest BCUT2D eigenvalue weighted by Crippen LogP contribution is 2.38. The molecule has 0 aliphatic carbocycles. The molecule has 1 unspecified atom stereocenters. The number of nitro benzene ring substituents is 1. The zero-order valence-electron chi connectivity index (χ0n) is 17.2. The summed E-state index contributed by atoms with van der Waals surface area (Å²) in [5.74, 6) is 1.35. The van der Waals surface area contributed by atoms with Crippen LogP contribution in [0.15, 0.2) is 60.8 Å². The molecule has 30 heavy (non-hydrogen) atoms. The number of benzene rings is 2. The summed E-state index contributed by atoms with van der Waals surface area (Å²) in [6.07, 6.45) is 3.06. The number of aromatic nitrogens is 1. The quantitative estimate of drug-likeness (QED) is 0.447. The number of para-hydroxylation sites is 1. The lowest BCUT2D eigenvalue weighted by molar-refractivity contribution is -0.385. The van der Waals surface area contributed by atoms with E-state index in [1.807, 2.05) is 30.3 Å². The van der Waals surface area contributed by atoms with Crippen LogP contribution in [-0.4, -0.2) is 35.2 Å². The van der Waals surface area contributed by atoms with Crippen molar-refractivity contribution >= 4 is 5.69 Å². The number of rotatable bonds is 6. The molecule has 7 nitrogen and oxygen atoms in total. The number of hydrogen-bond acceptors (Lipinski definition) is 5. The normalized spacial score (nSPS) is 16.5. The van der Waals surface area contributed by atoms with Gasteiger partial charge in [0.15, 0.2) is 11.5 Å². The van der Waals surface area contributed by atoms with Crippen LogP contribution in [0.2, 0.25) is 0 Å². The Labute approximate surface area is 175 Å². The molecular formula is C23H25N3O4. The van der Waals surface area contributed by atoms with Crippen LogP contribution in [0.25, 0.3) is 0 Å². The lowest BCUT2D eigenvalue weighted by Crippen LogP contribution is -2.29. The van der Waals surface area contributed by atoms with Crippen molar-refractivity contribution in [2.75, 3.05) is 20.8 Å². The monoisotopic (exact) mass is 407 g/mol. The van der Waals surface area contributed by atoms with Crippen LogP contribution in [-0.2, 0) is 13.1 Å². The molecule has 1 aliphatic heterocycles. The van der Waals surface area contributed by atoms with Gasteiger partial charge in [-0.15, -0.1) is 0 Å². The Bertz CT molecular complexity index is 1050. The second kappa shape index (κ2) is 8.59. The van der Waals surface area contributed by atoms with Gasteiger partial charge in [0, 0.05) is 43.2 Å². The lowest BCUT2D eigenvalue weighted by Gasteiger charge is -2.31. The first-order valence-electron chi connectivity index (χ1n) is 9.95. The molecule has 1 aliphatic rings. The summed E-state index contributed by atoms with van der Waals surface area (Å²) in [6.45, 7) is 2.23. The molecule has 1 atom stereocenters. The molecule has 0 bridgehead atoms. The van der Waals surface area contributed by atoms with Gasteiger partial charge in [0.25, 0.3) is 5.69 Å². The third-order valence-electron chi connectivity index (χ3n) is 5.64. The Morgan fingerprint density at radius 3 is 2.60 bits per heavy atom. The van der Waals surface area contributed by atoms with E-state index in [4.69, 9.17) is 9.47 Å². The minimum Gasteiger partial charge on any atom is -0.493 e. The molecule has 0 radical (unpaired) electrons. The summed E-state index contributed by atoms with van der Waals surface area (Å²) in [7, 11) is 3.25. The first kappa shape index (κ1) is 20.0. The van der Waals surface area contributed by atoms with Gasteiger partial charge in [0.2, 0.25) is 0 Å². The number of nitro groups is 1. The van der Waals surface area contributed by atoms with Crippen molar-refractivity contribution in [2.24, 2.45) is 0 Å². The fourth-order valence-electron chi connectivity index (χ4n) is 4.26. The summed E-state index contributed by atoms with van der Waals surface area (Å²) in [5, 5.41) is 11.5. The van der Waals surface area contributed by atoms with E-state index >= 15 is 0 Å². The van der Waals surface area contributed by atoms with Crippen LogP contribution in [0.1, 0.15) is 29.3 Å². The van der Waals surface area contributed by atoms with Gasteiger partial charge in [-0.3, -0.25) is 15.0 Å². The molecule has 7 heteroatoms. The fourth-order valence-corrected chi connectivity index (χ4v) is 4.26. The third kappa shape index (κ3) is 3.76. The van der Waals surface area contributed by atoms with Gasteiger partial charge in [-0.1, -0.05) is 24.3 Å². The molecule has 0 saturated heterocycles. The molecular weight excluding hydrogens is 382 g/mol. The first-order chi connectivity index (χ1) is 14.6. The Kier molecular flexibility index (Phi) is 5.72. The van der Waals surface area contributed by atoms with Crippen molar-refractivity contribution in [3.63, 3.8) is 0 Å². The van der Waals surface area contributed by atoms with E-state index in [1.54, 1.807) is 26.4 Å². The highest BCUT2D eigenvalue weighted by molar-refractivity contribution is 5.46. The summed E-state index contributed by atoms with van der Waals surface area (Å²) < 4.78 is 13.2. The molecule has 2 aromatic carbocycles. The molecule has 0 fully saturated rings. The van der Waals surface area contributed by atoms with Crippen molar-refractivity contribution < 1.29 is 14.4 Å². The topological polar surface area (TPSA) is 69.8 Å². The predicted molar refractivity (Wildman–Crippen MR) is 114 cm³/mol. The number of hydrogen-bond donors (Lipinski definition) is 0. The van der Waals surface area contributed by atoms with E-state index in [0.29, 0.717) is 23.6 Å². The van der Waals surface area contributed by atoms with Gasteiger partial charge in [0.1, 0.15) is 0 Å². The maximum atomic E-state index is 11.5. The van der Waals surface area contributed by atoms with Crippen molar-refractivity contribution in [1.82, 2.24) is 9.47 Å². The Morgan fingerprint density at radius 1 is 1.03 bits per heavy atom. The number of methoxy groups -OCH3 is 2. The van der Waals surface area contributed by atoms with E-state index in [-0.39, 0.29) is 16.7 Å². The Morgan fingerprint density at radius 2 is 1.83 bits per heavy atom. The number of fused-ring (bicyclic) bond motifs is 1. The van der Waals surface area contributed by atoms with Crippen LogP contribution in [0.4, 0.5) is 5.69 Å². The SMILES string of the molecule is COc1ccc(C2c3cccn3CCCN2Cc2ccccc2[N+](=O)[O-])cc1OC. The summed E-state index contributed by atoms with van der Waals surface area (Å²) >= 11 is 0. The molecule has 4 rings (SSSR count). The highest BCUT2D eigenvalue weighted by atomic mass is 16.6. The van der Waals surface area contributed by atoms with Crippen molar-refractivity contribution in [1.29, 1.82) is 0 Å². The third-order valence-corrected chi connectivity index (χ3v) is 5.64. The maximum absolute atomic E-state index is 11.5. The van der Waals surface area contributed by atoms with Crippen LogP contribution in [0, 0.1) is 10.1 Å². The second-order valence-corrected chi connectivity index (χ2v) is 7.35. The van der Waals surface area contributed by atoms with Gasteiger partial charge in [0.05, 0.1) is 25.2 Å². The van der Waals surface area contributed by atoms with Crippen LogP contribution in [0.3, 0.4) is 0 Å². The van der Waals surface area contributed by atoms with E-state index in [9.17, 15) is 10.1 Å². The molecule has 2 heterocycles. The largest absolute Gasteiger partial charge is 0.493 e. The van der Waals surface area contributed by atoms with Crippen molar-refractivity contribution in [2.45, 2.75) is 25.6 Å². The van der Waals surface area contributed by atoms with E-state index in [0.717, 1.165) is 25.1 Å². The van der Waals surface area contributed by atoms with Gasteiger partial charge in [-0.05, 0) is 36.2 Å². The zero-order valence-corrected chi connectivity index (χ0v) is 17.2. The summed E-state index contributed by atoms with van der Waals surface area (Å²) in [5.41, 5.74) is 3.10. The first-order valence-corrected chi connectivity index (χ1v) is 9.95. The number of ether oxygens (including phenoxy) is 2. The Hall–Kier alpha value is -3.32. The van der Waals surface area contributed by atoms with Gasteiger partial charge < -0.3 is 14.0 Å². The zero-order chi connectivity index (χ0) is 21.1. The van der Waals surface area contributed by atoms with E-state index < -0.39 is 0 Å². The average molecular weight is 407 g/mol. The lowest BCUT2D eigenvalue weighted by atomic mass is 10.00. The minimum absolute atomic E-state index is 0.0536. The average Bonchev–Trinajstić information content (AvgIpc) is 3.15. The molecule has 0 spiro atoms. The number of aryl methyl sites for hydroxylation is 1. The van der Waals surface area contributed by atoms with Crippen molar-refractivity contribution in [3.8, 4) is 11.5 Å². The smallest absolute Gasteiger partial charge is 0.273 e. The number of nitrogens with zero attached hydrogens (tertiary/aromatic N) is 3. The van der Waals surface area contributed by atoms with Gasteiger partial charge in [-0.25, -0.2) is 0 Å². The second-order valence-electron chi connectivity index (χ2n) is 7.35. The maximum Gasteiger partial charge on any atom is 0.273 e. The molecule has 156 valence electrons. The molecule has 0 saturated carbocycles. The fraction of sp³-hybridized carbons (Fsp3) is 0.304. The van der Waals surface area contributed by atoms with Crippen LogP contribution < -0.4 is 9.47 Å². The van der Waals surface area contributed by atoms with E-state index in [2.05, 4.69) is 27.8 Å². The summed E-state index contributed by atoms with van der Waals surface area (Å²) in [6, 6.07) is 17.1. The molecule has 0 amide bonds. The van der Waals surface area contributed by atoms with Gasteiger partial charge in [-0.2, -0.15) is 0 Å². The van der Waals surface area contributed by atoms with Crippen LogP contribution in [0.5, 0.6) is 11.5 Å². The van der Waals surface area contributed by atoms with Crippen LogP contribution >= 0.6 is 0 Å². The molecule has 0 N–H and O–H groups in total. The Balaban J connectivity index is 1.79. The molecule has 3 aromatic rings. The summed E-state index contributed by atoms with van der Waals surface area (Å²) in [4.78, 5) is 13.6. The standard InChI is InChI=1S/C23H25N3O4/c1-29-21-11-10-17(15-22(21)30-2)23-20-9-5-12-24(20)13-6-14-25(23)16-18-7-3-4-8-19(18)26(27)28/h3-5,7-12,15,23H,6,13-14,16H2,1-2H3. The van der Waals surface area contributed by atoms with Crippen molar-refractivity contribution in [3.05, 3.63) is 87.7 Å².